The molecule has 1 amide bonds. The third-order valence-corrected chi connectivity index (χ3v) is 6.02. The second-order valence-corrected chi connectivity index (χ2v) is 7.89. The molecule has 27 heavy (non-hydrogen) atoms. The summed E-state index contributed by atoms with van der Waals surface area (Å²) >= 11 is 7.55. The van der Waals surface area contributed by atoms with Gasteiger partial charge >= 0.3 is 0 Å². The van der Waals surface area contributed by atoms with E-state index in [1.807, 2.05) is 47.4 Å². The molecule has 0 spiro atoms. The van der Waals surface area contributed by atoms with Gasteiger partial charge in [-0.15, -0.1) is 11.8 Å². The van der Waals surface area contributed by atoms with Crippen molar-refractivity contribution >= 4 is 29.3 Å². The maximum atomic E-state index is 12.8. The van der Waals surface area contributed by atoms with Gasteiger partial charge < -0.3 is 14.4 Å². The molecule has 1 aliphatic rings. The zero-order chi connectivity index (χ0) is 19.2. The lowest BCUT2D eigenvalue weighted by atomic mass is 10.0. The van der Waals surface area contributed by atoms with Crippen LogP contribution in [0.3, 0.4) is 0 Å². The molecular weight excluding hydrogens is 382 g/mol. The van der Waals surface area contributed by atoms with Crippen molar-refractivity contribution in [3.8, 4) is 11.5 Å². The van der Waals surface area contributed by atoms with E-state index in [9.17, 15) is 4.79 Å². The molecule has 1 aliphatic heterocycles. The van der Waals surface area contributed by atoms with E-state index < -0.39 is 0 Å². The van der Waals surface area contributed by atoms with Crippen LogP contribution in [-0.4, -0.2) is 37.3 Å². The Hall–Kier alpha value is -1.85. The Morgan fingerprint density at radius 3 is 2.67 bits per heavy atom. The number of halogens is 1. The van der Waals surface area contributed by atoms with Crippen LogP contribution in [0.4, 0.5) is 0 Å². The zero-order valence-electron chi connectivity index (χ0n) is 15.6. The van der Waals surface area contributed by atoms with Gasteiger partial charge in [-0.05, 0) is 48.7 Å². The van der Waals surface area contributed by atoms with Gasteiger partial charge in [-0.25, -0.2) is 0 Å². The number of carbonyl (C=O) groups is 1. The van der Waals surface area contributed by atoms with Crippen LogP contribution in [0.25, 0.3) is 0 Å². The molecule has 144 valence electrons. The highest BCUT2D eigenvalue weighted by Crippen LogP contribution is 2.39. The third kappa shape index (κ3) is 4.90. The maximum absolute atomic E-state index is 12.8. The molecule has 2 aromatic carbocycles. The van der Waals surface area contributed by atoms with Gasteiger partial charge in [-0.2, -0.15) is 0 Å². The number of hydrogen-bond acceptors (Lipinski definition) is 4. The molecule has 1 fully saturated rings. The summed E-state index contributed by atoms with van der Waals surface area (Å²) in [5, 5.41) is 0.729. The van der Waals surface area contributed by atoms with Crippen molar-refractivity contribution in [3.05, 3.63) is 58.6 Å². The fourth-order valence-electron chi connectivity index (χ4n) is 3.41. The van der Waals surface area contributed by atoms with Crippen LogP contribution < -0.4 is 9.47 Å². The number of methoxy groups -OCH3 is 2. The van der Waals surface area contributed by atoms with Gasteiger partial charge in [0.2, 0.25) is 5.91 Å². The summed E-state index contributed by atoms with van der Waals surface area (Å²) in [6.45, 7) is 0.783. The van der Waals surface area contributed by atoms with Crippen LogP contribution in [0.2, 0.25) is 5.02 Å². The average Bonchev–Trinajstić information content (AvgIpc) is 3.18. The lowest BCUT2D eigenvalue weighted by molar-refractivity contribution is -0.129. The van der Waals surface area contributed by atoms with Crippen LogP contribution in [0.5, 0.6) is 11.5 Å². The van der Waals surface area contributed by atoms with E-state index in [0.717, 1.165) is 47.2 Å². The highest BCUT2D eigenvalue weighted by molar-refractivity contribution is 7.99. The summed E-state index contributed by atoms with van der Waals surface area (Å²) in [7, 11) is 3.31. The van der Waals surface area contributed by atoms with Gasteiger partial charge in [0.05, 0.1) is 26.0 Å². The highest BCUT2D eigenvalue weighted by atomic mass is 35.5. The Morgan fingerprint density at radius 1 is 1.19 bits per heavy atom. The molecule has 1 atom stereocenters. The molecule has 1 heterocycles. The van der Waals surface area contributed by atoms with Gasteiger partial charge in [0.1, 0.15) is 11.5 Å². The molecule has 4 nitrogen and oxygen atoms in total. The Balaban J connectivity index is 1.65. The highest BCUT2D eigenvalue weighted by Gasteiger charge is 2.31. The van der Waals surface area contributed by atoms with Crippen molar-refractivity contribution < 1.29 is 14.3 Å². The van der Waals surface area contributed by atoms with Crippen LogP contribution in [0.15, 0.2) is 42.5 Å². The van der Waals surface area contributed by atoms with Crippen molar-refractivity contribution in [2.45, 2.75) is 24.6 Å². The molecule has 1 saturated heterocycles. The molecule has 0 aromatic heterocycles. The first-order chi connectivity index (χ1) is 13.1. The first-order valence-corrected chi connectivity index (χ1v) is 10.5. The van der Waals surface area contributed by atoms with E-state index in [-0.39, 0.29) is 11.9 Å². The van der Waals surface area contributed by atoms with Gasteiger partial charge in [-0.1, -0.05) is 23.7 Å². The number of ether oxygens (including phenoxy) is 2. The van der Waals surface area contributed by atoms with Gasteiger partial charge in [-0.3, -0.25) is 4.79 Å². The number of benzene rings is 2. The number of thioether (sulfide) groups is 1. The molecule has 0 radical (unpaired) electrons. The summed E-state index contributed by atoms with van der Waals surface area (Å²) in [4.78, 5) is 14.8. The second kappa shape index (κ2) is 9.38. The standard InChI is InChI=1S/C21H24ClNO3S/c1-25-17-9-10-20(26-2)18(12-17)19-4-3-11-23(19)21(24)14-27-13-15-5-7-16(22)8-6-15/h5-10,12,19H,3-4,11,13-14H2,1-2H3/t19-/m0/s1. The molecule has 0 saturated carbocycles. The van der Waals surface area contributed by atoms with Gasteiger partial charge in [0.25, 0.3) is 0 Å². The fraction of sp³-hybridized carbons (Fsp3) is 0.381. The molecule has 0 N–H and O–H groups in total. The van der Waals surface area contributed by atoms with E-state index in [0.29, 0.717) is 5.75 Å². The molecule has 0 aliphatic carbocycles. The van der Waals surface area contributed by atoms with E-state index in [1.54, 1.807) is 26.0 Å². The van der Waals surface area contributed by atoms with Crippen LogP contribution >= 0.6 is 23.4 Å². The summed E-state index contributed by atoms with van der Waals surface area (Å²) in [5.41, 5.74) is 2.19. The summed E-state index contributed by atoms with van der Waals surface area (Å²) < 4.78 is 10.9. The largest absolute Gasteiger partial charge is 0.497 e. The first-order valence-electron chi connectivity index (χ1n) is 8.96. The minimum atomic E-state index is 0.0404. The normalized spacial score (nSPS) is 16.4. The quantitative estimate of drug-likeness (QED) is 0.653. The molecule has 3 rings (SSSR count). The Kier molecular flexibility index (Phi) is 6.91. The van der Waals surface area contributed by atoms with Crippen molar-refractivity contribution in [2.24, 2.45) is 0 Å². The van der Waals surface area contributed by atoms with Crippen molar-refractivity contribution in [1.82, 2.24) is 4.90 Å². The van der Waals surface area contributed by atoms with E-state index in [2.05, 4.69) is 0 Å². The van der Waals surface area contributed by atoms with Crippen molar-refractivity contribution in [3.63, 3.8) is 0 Å². The minimum absolute atomic E-state index is 0.0404. The first kappa shape index (κ1) is 19.9. The predicted octanol–water partition coefficient (Wildman–Crippen LogP) is 4.95. The van der Waals surface area contributed by atoms with E-state index >= 15 is 0 Å². The second-order valence-electron chi connectivity index (χ2n) is 6.47. The number of likely N-dealkylation sites (tertiary alicyclic amines) is 1. The molecule has 6 heteroatoms. The summed E-state index contributed by atoms with van der Waals surface area (Å²) in [5.74, 6) is 3.01. The fourth-order valence-corrected chi connectivity index (χ4v) is 4.40. The lowest BCUT2D eigenvalue weighted by Crippen LogP contribution is -2.32. The maximum Gasteiger partial charge on any atom is 0.233 e. The van der Waals surface area contributed by atoms with E-state index in [1.165, 1.54) is 5.56 Å². The van der Waals surface area contributed by atoms with Crippen molar-refractivity contribution in [2.75, 3.05) is 26.5 Å². The predicted molar refractivity (Wildman–Crippen MR) is 111 cm³/mol. The summed E-state index contributed by atoms with van der Waals surface area (Å²) in [6.07, 6.45) is 1.94. The molecule has 0 bridgehead atoms. The van der Waals surface area contributed by atoms with Crippen molar-refractivity contribution in [1.29, 1.82) is 0 Å². The Labute approximate surface area is 169 Å². The van der Waals surface area contributed by atoms with Gasteiger partial charge in [0.15, 0.2) is 0 Å². The number of hydrogen-bond donors (Lipinski definition) is 0. The number of amides is 1. The average molecular weight is 406 g/mol. The topological polar surface area (TPSA) is 38.8 Å². The Morgan fingerprint density at radius 2 is 1.96 bits per heavy atom. The monoisotopic (exact) mass is 405 g/mol. The number of carbonyl (C=O) groups excluding carboxylic acids is 1. The zero-order valence-corrected chi connectivity index (χ0v) is 17.2. The van der Waals surface area contributed by atoms with Crippen LogP contribution in [-0.2, 0) is 10.5 Å². The van der Waals surface area contributed by atoms with Crippen LogP contribution in [0.1, 0.15) is 30.0 Å². The third-order valence-electron chi connectivity index (χ3n) is 4.78. The minimum Gasteiger partial charge on any atom is -0.497 e. The Bertz CT molecular complexity index is 781. The van der Waals surface area contributed by atoms with E-state index in [4.69, 9.17) is 21.1 Å². The van der Waals surface area contributed by atoms with Gasteiger partial charge in [0, 0.05) is 22.9 Å². The molecular formula is C21H24ClNO3S. The lowest BCUT2D eigenvalue weighted by Gasteiger charge is -2.26. The molecule has 2 aromatic rings. The SMILES string of the molecule is COc1ccc(OC)c([C@@H]2CCCN2C(=O)CSCc2ccc(Cl)cc2)c1. The molecule has 0 unspecified atom stereocenters. The smallest absolute Gasteiger partial charge is 0.233 e. The summed E-state index contributed by atoms with van der Waals surface area (Å²) in [6, 6.07) is 13.6. The van der Waals surface area contributed by atoms with Crippen LogP contribution in [0, 0.1) is 0 Å². The number of nitrogens with zero attached hydrogens (tertiary/aromatic N) is 1. The number of rotatable bonds is 7.